The lowest BCUT2D eigenvalue weighted by atomic mass is 10.1. The molecule has 2 aromatic heterocycles. The van der Waals surface area contributed by atoms with Crippen LogP contribution in [0, 0.1) is 0 Å². The van der Waals surface area contributed by atoms with Crippen molar-refractivity contribution >= 4 is 11.3 Å². The van der Waals surface area contributed by atoms with Crippen LogP contribution >= 0.6 is 0 Å². The molecule has 3 heterocycles. The molecule has 6 nitrogen and oxygen atoms in total. The van der Waals surface area contributed by atoms with Gasteiger partial charge in [-0.3, -0.25) is 4.90 Å². The van der Waals surface area contributed by atoms with E-state index in [1.54, 1.807) is 10.7 Å². The maximum absolute atomic E-state index is 5.87. The van der Waals surface area contributed by atoms with Crippen LogP contribution in [0.5, 0.6) is 0 Å². The van der Waals surface area contributed by atoms with Crippen molar-refractivity contribution in [2.24, 2.45) is 0 Å². The zero-order valence-corrected chi connectivity index (χ0v) is 12.3. The van der Waals surface area contributed by atoms with E-state index in [4.69, 9.17) is 5.73 Å². The highest BCUT2D eigenvalue weighted by atomic mass is 15.3. The molecule has 0 radical (unpaired) electrons. The number of benzene rings is 1. The molecule has 0 atom stereocenters. The van der Waals surface area contributed by atoms with Crippen LogP contribution in [0.1, 0.15) is 18.4 Å². The van der Waals surface area contributed by atoms with E-state index < -0.39 is 0 Å². The van der Waals surface area contributed by atoms with E-state index >= 15 is 0 Å². The smallest absolute Gasteiger partial charge is 0.161 e. The monoisotopic (exact) mass is 294 g/mol. The molecule has 0 bridgehead atoms. The van der Waals surface area contributed by atoms with E-state index in [2.05, 4.69) is 44.2 Å². The van der Waals surface area contributed by atoms with Crippen molar-refractivity contribution in [1.29, 1.82) is 0 Å². The molecule has 4 rings (SSSR count). The van der Waals surface area contributed by atoms with Crippen LogP contribution < -0.4 is 5.73 Å². The van der Waals surface area contributed by atoms with Crippen LogP contribution in [0.3, 0.4) is 0 Å². The summed E-state index contributed by atoms with van der Waals surface area (Å²) in [5.74, 6) is 1.24. The van der Waals surface area contributed by atoms with Gasteiger partial charge in [-0.05, 0) is 37.6 Å². The summed E-state index contributed by atoms with van der Waals surface area (Å²) in [7, 11) is 0. The highest BCUT2D eigenvalue weighted by Crippen LogP contribution is 2.22. The van der Waals surface area contributed by atoms with Crippen LogP contribution in [0.25, 0.3) is 16.9 Å². The molecule has 0 spiro atoms. The van der Waals surface area contributed by atoms with Crippen molar-refractivity contribution in [2.75, 3.05) is 18.8 Å². The van der Waals surface area contributed by atoms with Crippen LogP contribution in [-0.4, -0.2) is 37.6 Å². The van der Waals surface area contributed by atoms with Crippen molar-refractivity contribution in [3.8, 4) is 11.4 Å². The minimum atomic E-state index is 0.446. The number of hydrogen-bond acceptors (Lipinski definition) is 5. The molecular weight excluding hydrogens is 276 g/mol. The van der Waals surface area contributed by atoms with Gasteiger partial charge in [-0.25, -0.2) is 14.5 Å². The predicted molar refractivity (Wildman–Crippen MR) is 85.1 cm³/mol. The predicted octanol–water partition coefficient (Wildman–Crippen LogP) is 1.97. The molecule has 1 saturated heterocycles. The van der Waals surface area contributed by atoms with Crippen molar-refractivity contribution in [3.05, 3.63) is 42.4 Å². The van der Waals surface area contributed by atoms with Gasteiger partial charge < -0.3 is 5.73 Å². The fourth-order valence-corrected chi connectivity index (χ4v) is 3.05. The third-order valence-corrected chi connectivity index (χ3v) is 4.15. The van der Waals surface area contributed by atoms with Gasteiger partial charge in [-0.15, -0.1) is 0 Å². The van der Waals surface area contributed by atoms with E-state index in [-0.39, 0.29) is 0 Å². The lowest BCUT2D eigenvalue weighted by Crippen LogP contribution is -2.18. The van der Waals surface area contributed by atoms with Gasteiger partial charge in [0.25, 0.3) is 0 Å². The first-order valence-corrected chi connectivity index (χ1v) is 7.57. The van der Waals surface area contributed by atoms with Crippen LogP contribution in [-0.2, 0) is 6.54 Å². The molecule has 1 aromatic carbocycles. The quantitative estimate of drug-likeness (QED) is 0.799. The summed E-state index contributed by atoms with van der Waals surface area (Å²) in [6, 6.07) is 8.49. The van der Waals surface area contributed by atoms with Crippen LogP contribution in [0.2, 0.25) is 0 Å². The summed E-state index contributed by atoms with van der Waals surface area (Å²) in [6.45, 7) is 3.38. The Labute approximate surface area is 128 Å². The molecule has 2 N–H and O–H groups in total. The topological polar surface area (TPSA) is 72.3 Å². The summed E-state index contributed by atoms with van der Waals surface area (Å²) in [5, 5.41) is 4.26. The second-order valence-corrected chi connectivity index (χ2v) is 5.71. The van der Waals surface area contributed by atoms with Crippen molar-refractivity contribution < 1.29 is 0 Å². The first-order chi connectivity index (χ1) is 10.8. The van der Waals surface area contributed by atoms with Gasteiger partial charge in [0.1, 0.15) is 11.8 Å². The number of nitrogens with zero attached hydrogens (tertiary/aromatic N) is 5. The number of imidazole rings is 1. The van der Waals surface area contributed by atoms with Crippen molar-refractivity contribution in [1.82, 2.24) is 24.5 Å². The maximum Gasteiger partial charge on any atom is 0.161 e. The van der Waals surface area contributed by atoms with Gasteiger partial charge in [-0.2, -0.15) is 5.10 Å². The largest absolute Gasteiger partial charge is 0.382 e. The maximum atomic E-state index is 5.87. The molecule has 22 heavy (non-hydrogen) atoms. The van der Waals surface area contributed by atoms with Gasteiger partial charge >= 0.3 is 0 Å². The standard InChI is InChI=1S/C16H18N6/c17-15-14-9-18-16(22(14)20-11-19-15)13-5-3-4-12(8-13)10-21-6-1-2-7-21/h3-5,8-9,11H,1-2,6-7,10H2,(H2,17,19,20). The van der Waals surface area contributed by atoms with Crippen LogP contribution in [0.15, 0.2) is 36.8 Å². The fraction of sp³-hybridized carbons (Fsp3) is 0.312. The fourth-order valence-electron chi connectivity index (χ4n) is 3.05. The third-order valence-electron chi connectivity index (χ3n) is 4.15. The average Bonchev–Trinajstić information content (AvgIpc) is 3.17. The van der Waals surface area contributed by atoms with Crippen LogP contribution in [0.4, 0.5) is 5.82 Å². The van der Waals surface area contributed by atoms with Gasteiger partial charge in [0.05, 0.1) is 6.20 Å². The second-order valence-electron chi connectivity index (χ2n) is 5.71. The Bertz CT molecular complexity index is 803. The number of hydrogen-bond donors (Lipinski definition) is 1. The van der Waals surface area contributed by atoms with E-state index in [9.17, 15) is 0 Å². The minimum absolute atomic E-state index is 0.446. The highest BCUT2D eigenvalue weighted by Gasteiger charge is 2.13. The zero-order valence-electron chi connectivity index (χ0n) is 12.3. The molecule has 0 amide bonds. The number of nitrogen functional groups attached to an aromatic ring is 1. The Kier molecular flexibility index (Phi) is 3.23. The molecular formula is C16H18N6. The normalized spacial score (nSPS) is 15.6. The van der Waals surface area contributed by atoms with E-state index in [1.807, 2.05) is 0 Å². The molecule has 112 valence electrons. The Morgan fingerprint density at radius 1 is 1.14 bits per heavy atom. The Morgan fingerprint density at radius 2 is 2.00 bits per heavy atom. The van der Waals surface area contributed by atoms with Gasteiger partial charge in [0.2, 0.25) is 0 Å². The van der Waals surface area contributed by atoms with E-state index in [0.717, 1.165) is 23.4 Å². The highest BCUT2D eigenvalue weighted by molar-refractivity contribution is 5.69. The Hall–Kier alpha value is -2.47. The van der Waals surface area contributed by atoms with Crippen molar-refractivity contribution in [2.45, 2.75) is 19.4 Å². The molecule has 1 aliphatic rings. The second kappa shape index (κ2) is 5.38. The summed E-state index contributed by atoms with van der Waals surface area (Å²) < 4.78 is 1.75. The average molecular weight is 294 g/mol. The van der Waals surface area contributed by atoms with Gasteiger partial charge in [-0.1, -0.05) is 18.2 Å². The SMILES string of the molecule is Nc1ncnn2c(-c3cccc(CN4CCCC4)c3)ncc12. The van der Waals surface area contributed by atoms with Crippen molar-refractivity contribution in [3.63, 3.8) is 0 Å². The molecule has 0 saturated carbocycles. The van der Waals surface area contributed by atoms with Gasteiger partial charge in [0.15, 0.2) is 11.6 Å². The Balaban J connectivity index is 1.70. The summed E-state index contributed by atoms with van der Waals surface area (Å²) >= 11 is 0. The Morgan fingerprint density at radius 3 is 2.86 bits per heavy atom. The number of anilines is 1. The first-order valence-electron chi connectivity index (χ1n) is 7.57. The third kappa shape index (κ3) is 2.31. The number of rotatable bonds is 3. The lowest BCUT2D eigenvalue weighted by molar-refractivity contribution is 0.331. The minimum Gasteiger partial charge on any atom is -0.382 e. The first kappa shape index (κ1) is 13.2. The van der Waals surface area contributed by atoms with E-state index in [1.165, 1.54) is 37.8 Å². The molecule has 6 heteroatoms. The molecule has 1 fully saturated rings. The number of nitrogens with two attached hydrogens (primary N) is 1. The summed E-state index contributed by atoms with van der Waals surface area (Å²) in [6.07, 6.45) is 5.79. The number of aromatic nitrogens is 4. The van der Waals surface area contributed by atoms with Gasteiger partial charge in [0, 0.05) is 12.1 Å². The molecule has 3 aromatic rings. The molecule has 1 aliphatic heterocycles. The summed E-state index contributed by atoms with van der Waals surface area (Å²) in [5.41, 5.74) is 8.96. The summed E-state index contributed by atoms with van der Waals surface area (Å²) in [4.78, 5) is 11.0. The molecule has 0 unspecified atom stereocenters. The number of likely N-dealkylation sites (tertiary alicyclic amines) is 1. The zero-order chi connectivity index (χ0) is 14.9. The lowest BCUT2D eigenvalue weighted by Gasteiger charge is -2.14. The van der Waals surface area contributed by atoms with E-state index in [0.29, 0.717) is 5.82 Å². The molecule has 0 aliphatic carbocycles. The number of fused-ring (bicyclic) bond motifs is 1.